The van der Waals surface area contributed by atoms with Crippen molar-refractivity contribution in [2.75, 3.05) is 6.61 Å². The van der Waals surface area contributed by atoms with E-state index in [2.05, 4.69) is 98.2 Å². The van der Waals surface area contributed by atoms with Crippen molar-refractivity contribution in [3.05, 3.63) is 89.5 Å². The van der Waals surface area contributed by atoms with E-state index in [1.54, 1.807) is 0 Å². The van der Waals surface area contributed by atoms with Crippen LogP contribution in [0, 0.1) is 23.7 Å². The molecule has 1 heteroatoms. The molecule has 3 aromatic carbocycles. The molecule has 1 nitrogen and oxygen atoms in total. The third kappa shape index (κ3) is 6.31. The van der Waals surface area contributed by atoms with Crippen molar-refractivity contribution in [1.29, 1.82) is 0 Å². The summed E-state index contributed by atoms with van der Waals surface area (Å²) in [6.07, 6.45) is 2.72. The van der Waals surface area contributed by atoms with Crippen LogP contribution >= 0.6 is 0 Å². The van der Waals surface area contributed by atoms with E-state index in [1.165, 1.54) is 16.7 Å². The van der Waals surface area contributed by atoms with Crippen LogP contribution in [0.4, 0.5) is 0 Å². The van der Waals surface area contributed by atoms with E-state index in [1.807, 2.05) is 12.1 Å². The highest BCUT2D eigenvalue weighted by atomic mass is 16.5. The Bertz CT molecular complexity index is 1020. The lowest BCUT2D eigenvalue weighted by atomic mass is 10.0. The van der Waals surface area contributed by atoms with E-state index in [9.17, 15) is 0 Å². The molecule has 0 aliphatic heterocycles. The molecule has 3 rings (SSSR count). The van der Waals surface area contributed by atoms with Gasteiger partial charge in [0.2, 0.25) is 0 Å². The summed E-state index contributed by atoms with van der Waals surface area (Å²) in [6.45, 7) is 4.93. The van der Waals surface area contributed by atoms with Gasteiger partial charge in [0.05, 0.1) is 6.61 Å². The Labute approximate surface area is 174 Å². The third-order valence-corrected chi connectivity index (χ3v) is 4.44. The van der Waals surface area contributed by atoms with Crippen molar-refractivity contribution in [2.45, 2.75) is 33.1 Å². The quantitative estimate of drug-likeness (QED) is 0.461. The van der Waals surface area contributed by atoms with Crippen molar-refractivity contribution < 1.29 is 4.74 Å². The molecular formula is C28H26O. The van der Waals surface area contributed by atoms with E-state index in [-0.39, 0.29) is 0 Å². The number of hydrogen-bond acceptors (Lipinski definition) is 1. The minimum Gasteiger partial charge on any atom is -0.494 e. The van der Waals surface area contributed by atoms with Gasteiger partial charge in [-0.2, -0.15) is 0 Å². The van der Waals surface area contributed by atoms with Crippen molar-refractivity contribution in [2.24, 2.45) is 0 Å². The van der Waals surface area contributed by atoms with E-state index >= 15 is 0 Å². The van der Waals surface area contributed by atoms with Gasteiger partial charge in [-0.15, -0.1) is 5.92 Å². The van der Waals surface area contributed by atoms with Crippen LogP contribution < -0.4 is 4.74 Å². The topological polar surface area (TPSA) is 9.23 Å². The summed E-state index contributed by atoms with van der Waals surface area (Å²) in [7, 11) is 0. The second-order valence-electron chi connectivity index (χ2n) is 6.78. The maximum absolute atomic E-state index is 5.65. The van der Waals surface area contributed by atoms with Gasteiger partial charge in [0.1, 0.15) is 5.75 Å². The highest BCUT2D eigenvalue weighted by Gasteiger charge is 1.99. The fourth-order valence-electron chi connectivity index (χ4n) is 2.85. The highest BCUT2D eigenvalue weighted by Crippen LogP contribution is 2.23. The Balaban J connectivity index is 1.64. The summed E-state index contributed by atoms with van der Waals surface area (Å²) in [6, 6.07) is 24.9. The first-order valence-corrected chi connectivity index (χ1v) is 10.2. The van der Waals surface area contributed by atoms with E-state index in [0.29, 0.717) is 0 Å². The van der Waals surface area contributed by atoms with Gasteiger partial charge in [-0.1, -0.05) is 68.0 Å². The number of hydrogen-bond donors (Lipinski definition) is 0. The fraction of sp³-hybridized carbons (Fsp3) is 0.214. The molecule has 0 spiro atoms. The highest BCUT2D eigenvalue weighted by molar-refractivity contribution is 5.65. The molecule has 0 radical (unpaired) electrons. The largest absolute Gasteiger partial charge is 0.494 e. The standard InChI is InChI=1S/C28H26O/c1-3-5-6-7-23-8-10-24(11-9-23)12-13-25-14-16-26(17-15-25)27-18-20-28(21-19-27)29-22-4-2/h8-11,14-21H,3-4,7,22H2,1-2H3. The zero-order valence-corrected chi connectivity index (χ0v) is 17.2. The zero-order valence-electron chi connectivity index (χ0n) is 17.2. The fourth-order valence-corrected chi connectivity index (χ4v) is 2.85. The molecule has 0 amide bonds. The molecule has 0 bridgehead atoms. The first-order chi connectivity index (χ1) is 14.3. The van der Waals surface area contributed by atoms with Crippen molar-refractivity contribution in [3.63, 3.8) is 0 Å². The molecule has 0 heterocycles. The summed E-state index contributed by atoms with van der Waals surface area (Å²) < 4.78 is 5.65. The monoisotopic (exact) mass is 378 g/mol. The van der Waals surface area contributed by atoms with Gasteiger partial charge in [-0.3, -0.25) is 0 Å². The molecule has 144 valence electrons. The average molecular weight is 379 g/mol. The van der Waals surface area contributed by atoms with Gasteiger partial charge in [0.15, 0.2) is 0 Å². The Hall–Kier alpha value is -3.42. The Morgan fingerprint density at radius 3 is 1.76 bits per heavy atom. The predicted octanol–water partition coefficient (Wildman–Crippen LogP) is 6.50. The van der Waals surface area contributed by atoms with Crippen LogP contribution in [0.1, 0.15) is 43.4 Å². The molecule has 29 heavy (non-hydrogen) atoms. The van der Waals surface area contributed by atoms with Crippen LogP contribution in [0.3, 0.4) is 0 Å². The molecule has 0 saturated heterocycles. The van der Waals surface area contributed by atoms with E-state index < -0.39 is 0 Å². The van der Waals surface area contributed by atoms with Gasteiger partial charge in [0.25, 0.3) is 0 Å². The predicted molar refractivity (Wildman–Crippen MR) is 122 cm³/mol. The van der Waals surface area contributed by atoms with Crippen LogP contribution in [-0.2, 0) is 6.42 Å². The minimum atomic E-state index is 0.752. The molecular weight excluding hydrogens is 352 g/mol. The van der Waals surface area contributed by atoms with Crippen LogP contribution in [-0.4, -0.2) is 6.61 Å². The lowest BCUT2D eigenvalue weighted by Crippen LogP contribution is -1.94. The molecule has 0 fully saturated rings. The summed E-state index contributed by atoms with van der Waals surface area (Å²) in [5.74, 6) is 13.7. The number of benzene rings is 3. The molecule has 0 saturated carbocycles. The second-order valence-corrected chi connectivity index (χ2v) is 6.78. The van der Waals surface area contributed by atoms with Gasteiger partial charge >= 0.3 is 0 Å². The maximum atomic E-state index is 5.65. The molecule has 0 aliphatic carbocycles. The van der Waals surface area contributed by atoms with E-state index in [4.69, 9.17) is 4.74 Å². The molecule has 0 aromatic heterocycles. The summed E-state index contributed by atoms with van der Waals surface area (Å²) >= 11 is 0. The molecule has 3 aromatic rings. The lowest BCUT2D eigenvalue weighted by Gasteiger charge is -2.06. The summed E-state index contributed by atoms with van der Waals surface area (Å²) in [5.41, 5.74) is 5.61. The molecule has 0 atom stereocenters. The average Bonchev–Trinajstić information content (AvgIpc) is 2.78. The third-order valence-electron chi connectivity index (χ3n) is 4.44. The summed E-state index contributed by atoms with van der Waals surface area (Å²) in [4.78, 5) is 0. The van der Waals surface area contributed by atoms with Crippen LogP contribution in [0.2, 0.25) is 0 Å². The summed E-state index contributed by atoms with van der Waals surface area (Å²) in [5, 5.41) is 0. The van der Waals surface area contributed by atoms with Gasteiger partial charge in [-0.25, -0.2) is 0 Å². The molecule has 0 aliphatic rings. The SMILES string of the molecule is CCC#CCc1ccc(C#Cc2ccc(-c3ccc(OCCC)cc3)cc2)cc1. The Kier molecular flexibility index (Phi) is 7.56. The lowest BCUT2D eigenvalue weighted by molar-refractivity contribution is 0.317. The Morgan fingerprint density at radius 2 is 1.21 bits per heavy atom. The van der Waals surface area contributed by atoms with Gasteiger partial charge in [-0.05, 0) is 59.5 Å². The van der Waals surface area contributed by atoms with Gasteiger partial charge in [0, 0.05) is 24.0 Å². The number of ether oxygens (including phenoxy) is 1. The first-order valence-electron chi connectivity index (χ1n) is 10.2. The molecule has 0 N–H and O–H groups in total. The minimum absolute atomic E-state index is 0.752. The van der Waals surface area contributed by atoms with Crippen molar-refractivity contribution in [3.8, 4) is 40.6 Å². The van der Waals surface area contributed by atoms with Crippen LogP contribution in [0.5, 0.6) is 5.75 Å². The zero-order chi connectivity index (χ0) is 20.3. The number of rotatable bonds is 5. The Morgan fingerprint density at radius 1 is 0.655 bits per heavy atom. The maximum Gasteiger partial charge on any atom is 0.119 e. The van der Waals surface area contributed by atoms with Crippen LogP contribution in [0.15, 0.2) is 72.8 Å². The van der Waals surface area contributed by atoms with Crippen molar-refractivity contribution in [1.82, 2.24) is 0 Å². The van der Waals surface area contributed by atoms with Gasteiger partial charge < -0.3 is 4.74 Å². The smallest absolute Gasteiger partial charge is 0.119 e. The van der Waals surface area contributed by atoms with E-state index in [0.717, 1.165) is 42.7 Å². The van der Waals surface area contributed by atoms with Crippen LogP contribution in [0.25, 0.3) is 11.1 Å². The normalized spacial score (nSPS) is 9.72. The van der Waals surface area contributed by atoms with Crippen molar-refractivity contribution >= 4 is 0 Å². The molecule has 0 unspecified atom stereocenters. The first kappa shape index (κ1) is 20.3. The second kappa shape index (κ2) is 10.8.